The summed E-state index contributed by atoms with van der Waals surface area (Å²) in [4.78, 5) is 37.3. The Balaban J connectivity index is 1.46. The second kappa shape index (κ2) is 9.60. The van der Waals surface area contributed by atoms with Crippen LogP contribution in [0.25, 0.3) is 0 Å². The number of carbonyl (C=O) groups excluding carboxylic acids is 2. The first-order valence-electron chi connectivity index (χ1n) is 9.93. The number of nitrogens with two attached hydrogens (primary N) is 1. The van der Waals surface area contributed by atoms with Crippen molar-refractivity contribution in [1.82, 2.24) is 15.0 Å². The van der Waals surface area contributed by atoms with E-state index in [-0.39, 0.29) is 41.3 Å². The predicted octanol–water partition coefficient (Wildman–Crippen LogP) is 3.71. The van der Waals surface area contributed by atoms with Gasteiger partial charge in [-0.05, 0) is 42.8 Å². The number of nitrogens with one attached hydrogen (secondary N) is 2. The van der Waals surface area contributed by atoms with Crippen LogP contribution < -0.4 is 16.4 Å². The number of furan rings is 1. The molecule has 2 aromatic heterocycles. The van der Waals surface area contributed by atoms with Gasteiger partial charge in [0.2, 0.25) is 11.9 Å². The number of nitrogen functional groups attached to an aromatic ring is 1. The van der Waals surface area contributed by atoms with Gasteiger partial charge in [-0.2, -0.15) is 15.0 Å². The molecule has 0 fully saturated rings. The SMILES string of the molecule is Cc1ccccc1Nc1nc(N)nc(COC(=O)c2ccccc2NC(=O)c2ccco2)n1. The number of carbonyl (C=O) groups is 2. The number of benzene rings is 2. The van der Waals surface area contributed by atoms with Crippen molar-refractivity contribution in [2.24, 2.45) is 0 Å². The van der Waals surface area contributed by atoms with Crippen molar-refractivity contribution in [3.05, 3.63) is 89.6 Å². The molecule has 0 spiro atoms. The summed E-state index contributed by atoms with van der Waals surface area (Å²) in [6, 6.07) is 17.2. The Morgan fingerprint density at radius 3 is 2.48 bits per heavy atom. The van der Waals surface area contributed by atoms with Crippen LogP contribution in [0.3, 0.4) is 0 Å². The molecule has 0 aliphatic heterocycles. The van der Waals surface area contributed by atoms with Gasteiger partial charge in [-0.3, -0.25) is 4.79 Å². The van der Waals surface area contributed by atoms with E-state index in [1.54, 1.807) is 24.3 Å². The first-order valence-corrected chi connectivity index (χ1v) is 9.93. The molecule has 33 heavy (non-hydrogen) atoms. The molecule has 0 radical (unpaired) electrons. The summed E-state index contributed by atoms with van der Waals surface area (Å²) in [6.45, 7) is 1.70. The van der Waals surface area contributed by atoms with Crippen molar-refractivity contribution in [3.8, 4) is 0 Å². The lowest BCUT2D eigenvalue weighted by Gasteiger charge is -2.11. The van der Waals surface area contributed by atoms with Gasteiger partial charge in [0.1, 0.15) is 0 Å². The molecule has 10 nitrogen and oxygen atoms in total. The standard InChI is InChI=1S/C23H20N6O4/c1-14-7-2-4-9-16(14)26-23-28-19(27-22(24)29-23)13-33-21(31)15-8-3-5-10-17(15)25-20(30)18-11-6-12-32-18/h2-12H,13H2,1H3,(H,25,30)(H3,24,26,27,28,29). The lowest BCUT2D eigenvalue weighted by atomic mass is 10.1. The Hall–Kier alpha value is -4.73. The van der Waals surface area contributed by atoms with E-state index in [0.29, 0.717) is 0 Å². The number of rotatable bonds is 7. The van der Waals surface area contributed by atoms with Crippen molar-refractivity contribution >= 4 is 35.1 Å². The van der Waals surface area contributed by atoms with Crippen LogP contribution >= 0.6 is 0 Å². The fourth-order valence-corrected chi connectivity index (χ4v) is 2.96. The Labute approximate surface area is 188 Å². The number of ether oxygens (including phenoxy) is 1. The third kappa shape index (κ3) is 5.31. The average molecular weight is 444 g/mol. The molecule has 0 bridgehead atoms. The molecule has 0 aliphatic rings. The topological polar surface area (TPSA) is 145 Å². The van der Waals surface area contributed by atoms with Gasteiger partial charge in [-0.15, -0.1) is 0 Å². The van der Waals surface area contributed by atoms with Crippen LogP contribution in [0.2, 0.25) is 0 Å². The summed E-state index contributed by atoms with van der Waals surface area (Å²) in [7, 11) is 0. The maximum atomic E-state index is 12.7. The molecule has 0 atom stereocenters. The summed E-state index contributed by atoms with van der Waals surface area (Å²) in [5.41, 5.74) is 8.05. The molecule has 1 amide bonds. The third-order valence-electron chi connectivity index (χ3n) is 4.56. The van der Waals surface area contributed by atoms with Crippen LogP contribution in [0.1, 0.15) is 32.3 Å². The van der Waals surface area contributed by atoms with Gasteiger partial charge >= 0.3 is 5.97 Å². The van der Waals surface area contributed by atoms with Gasteiger partial charge in [-0.25, -0.2) is 4.79 Å². The van der Waals surface area contributed by atoms with Gasteiger partial charge in [0.25, 0.3) is 5.91 Å². The number of amides is 1. The van der Waals surface area contributed by atoms with E-state index in [0.717, 1.165) is 11.3 Å². The Morgan fingerprint density at radius 2 is 1.73 bits per heavy atom. The van der Waals surface area contributed by atoms with Crippen molar-refractivity contribution in [2.45, 2.75) is 13.5 Å². The number of hydrogen-bond acceptors (Lipinski definition) is 9. The largest absolute Gasteiger partial charge is 0.459 e. The number of nitrogens with zero attached hydrogens (tertiary/aromatic N) is 3. The van der Waals surface area contributed by atoms with E-state index in [2.05, 4.69) is 25.6 Å². The minimum atomic E-state index is -0.669. The first kappa shape index (κ1) is 21.5. The predicted molar refractivity (Wildman–Crippen MR) is 121 cm³/mol. The fraction of sp³-hybridized carbons (Fsp3) is 0.0870. The van der Waals surface area contributed by atoms with Gasteiger partial charge in [0.05, 0.1) is 17.5 Å². The van der Waals surface area contributed by atoms with Crippen LogP contribution in [-0.4, -0.2) is 26.8 Å². The van der Waals surface area contributed by atoms with Crippen molar-refractivity contribution in [3.63, 3.8) is 0 Å². The average Bonchev–Trinajstić information content (AvgIpc) is 3.34. The van der Waals surface area contributed by atoms with E-state index in [4.69, 9.17) is 14.9 Å². The van der Waals surface area contributed by atoms with Crippen molar-refractivity contribution in [2.75, 3.05) is 16.4 Å². The van der Waals surface area contributed by atoms with E-state index in [9.17, 15) is 9.59 Å². The number of hydrogen-bond donors (Lipinski definition) is 3. The number of esters is 1. The Kier molecular flexibility index (Phi) is 6.26. The van der Waals surface area contributed by atoms with Crippen LogP contribution in [0.15, 0.2) is 71.3 Å². The highest BCUT2D eigenvalue weighted by atomic mass is 16.5. The molecular weight excluding hydrogens is 424 g/mol. The monoisotopic (exact) mass is 444 g/mol. The molecule has 2 aromatic carbocycles. The van der Waals surface area contributed by atoms with E-state index < -0.39 is 11.9 Å². The molecule has 0 saturated heterocycles. The maximum Gasteiger partial charge on any atom is 0.340 e. The van der Waals surface area contributed by atoms with E-state index in [1.807, 2.05) is 31.2 Å². The zero-order valence-electron chi connectivity index (χ0n) is 17.6. The quantitative estimate of drug-likeness (QED) is 0.363. The molecule has 4 aromatic rings. The number of aryl methyl sites for hydroxylation is 1. The number of para-hydroxylation sites is 2. The smallest absolute Gasteiger partial charge is 0.340 e. The van der Waals surface area contributed by atoms with Crippen LogP contribution in [0.5, 0.6) is 0 Å². The molecule has 166 valence electrons. The van der Waals surface area contributed by atoms with Gasteiger partial charge in [0.15, 0.2) is 18.2 Å². The minimum Gasteiger partial charge on any atom is -0.459 e. The second-order valence-electron chi connectivity index (χ2n) is 6.93. The summed E-state index contributed by atoms with van der Waals surface area (Å²) in [6.07, 6.45) is 1.39. The molecule has 4 N–H and O–H groups in total. The first-order chi connectivity index (χ1) is 16.0. The zero-order chi connectivity index (χ0) is 23.2. The summed E-state index contributed by atoms with van der Waals surface area (Å²) < 4.78 is 10.4. The van der Waals surface area contributed by atoms with E-state index >= 15 is 0 Å². The molecule has 0 unspecified atom stereocenters. The Bertz CT molecular complexity index is 1290. The van der Waals surface area contributed by atoms with E-state index in [1.165, 1.54) is 18.4 Å². The molecule has 2 heterocycles. The molecule has 0 aliphatic carbocycles. The van der Waals surface area contributed by atoms with Crippen molar-refractivity contribution < 1.29 is 18.7 Å². The molecule has 4 rings (SSSR count). The van der Waals surface area contributed by atoms with Gasteiger partial charge in [-0.1, -0.05) is 30.3 Å². The molecule has 10 heteroatoms. The summed E-state index contributed by atoms with van der Waals surface area (Å²) in [5, 5.41) is 5.72. The maximum absolute atomic E-state index is 12.7. The number of aromatic nitrogens is 3. The summed E-state index contributed by atoms with van der Waals surface area (Å²) in [5.74, 6) is -0.654. The van der Waals surface area contributed by atoms with Crippen LogP contribution in [0.4, 0.5) is 23.3 Å². The summed E-state index contributed by atoms with van der Waals surface area (Å²) >= 11 is 0. The molecule has 0 saturated carbocycles. The highest BCUT2D eigenvalue weighted by Crippen LogP contribution is 2.20. The second-order valence-corrected chi connectivity index (χ2v) is 6.93. The van der Waals surface area contributed by atoms with Crippen LogP contribution in [-0.2, 0) is 11.3 Å². The lowest BCUT2D eigenvalue weighted by Crippen LogP contribution is -2.16. The highest BCUT2D eigenvalue weighted by Gasteiger charge is 2.17. The minimum absolute atomic E-state index is 0.0155. The Morgan fingerprint density at radius 1 is 0.970 bits per heavy atom. The van der Waals surface area contributed by atoms with Gasteiger partial charge in [0, 0.05) is 5.69 Å². The number of anilines is 4. The lowest BCUT2D eigenvalue weighted by molar-refractivity contribution is 0.0463. The fourth-order valence-electron chi connectivity index (χ4n) is 2.96. The zero-order valence-corrected chi connectivity index (χ0v) is 17.6. The van der Waals surface area contributed by atoms with Crippen LogP contribution in [0, 0.1) is 6.92 Å². The third-order valence-corrected chi connectivity index (χ3v) is 4.56. The molecular formula is C23H20N6O4. The highest BCUT2D eigenvalue weighted by molar-refractivity contribution is 6.06. The van der Waals surface area contributed by atoms with Crippen molar-refractivity contribution in [1.29, 1.82) is 0 Å². The van der Waals surface area contributed by atoms with Gasteiger partial charge < -0.3 is 25.5 Å². The normalized spacial score (nSPS) is 10.5.